The Kier molecular flexibility index (Phi) is 5.20. The quantitative estimate of drug-likeness (QED) is 0.840. The van der Waals surface area contributed by atoms with Crippen LogP contribution >= 0.6 is 15.9 Å². The molecule has 3 amide bonds. The molecule has 1 fully saturated rings. The molecule has 3 rings (SSSR count). The first-order valence-electron chi connectivity index (χ1n) is 7.77. The van der Waals surface area contributed by atoms with Gasteiger partial charge < -0.3 is 20.0 Å². The van der Waals surface area contributed by atoms with Crippen molar-refractivity contribution in [1.82, 2.24) is 10.2 Å². The third-order valence-corrected chi connectivity index (χ3v) is 4.49. The summed E-state index contributed by atoms with van der Waals surface area (Å²) < 4.78 is 6.05. The Morgan fingerprint density at radius 3 is 2.46 bits per heavy atom. The van der Waals surface area contributed by atoms with Crippen LogP contribution < -0.4 is 10.6 Å². The van der Waals surface area contributed by atoms with Crippen molar-refractivity contribution in [2.24, 2.45) is 0 Å². The molecule has 7 heteroatoms. The second-order valence-electron chi connectivity index (χ2n) is 5.65. The monoisotopic (exact) mass is 391 g/mol. The van der Waals surface area contributed by atoms with Crippen molar-refractivity contribution in [2.45, 2.75) is 18.9 Å². The molecule has 1 aliphatic rings. The lowest BCUT2D eigenvalue weighted by molar-refractivity contribution is 0.0891. The summed E-state index contributed by atoms with van der Waals surface area (Å²) in [6, 6.07) is 10.7. The molecule has 24 heavy (non-hydrogen) atoms. The van der Waals surface area contributed by atoms with E-state index in [0.717, 1.165) is 23.0 Å². The van der Waals surface area contributed by atoms with E-state index < -0.39 is 0 Å². The summed E-state index contributed by atoms with van der Waals surface area (Å²) in [5.41, 5.74) is 0.761. The first kappa shape index (κ1) is 16.6. The molecule has 1 aliphatic heterocycles. The summed E-state index contributed by atoms with van der Waals surface area (Å²) >= 11 is 3.36. The Labute approximate surface area is 148 Å². The fraction of sp³-hybridized carbons (Fsp3) is 0.294. The molecular weight excluding hydrogens is 374 g/mol. The number of rotatable bonds is 3. The van der Waals surface area contributed by atoms with Gasteiger partial charge in [0.1, 0.15) is 0 Å². The average Bonchev–Trinajstić information content (AvgIpc) is 3.12. The smallest absolute Gasteiger partial charge is 0.321 e. The molecule has 0 saturated carbocycles. The topological polar surface area (TPSA) is 74.6 Å². The van der Waals surface area contributed by atoms with Crippen LogP contribution in [0, 0.1) is 0 Å². The van der Waals surface area contributed by atoms with Crippen LogP contribution in [0.1, 0.15) is 23.4 Å². The molecule has 1 saturated heterocycles. The minimum absolute atomic E-state index is 0.0549. The number of furan rings is 1. The second-order valence-corrected chi connectivity index (χ2v) is 6.56. The van der Waals surface area contributed by atoms with Gasteiger partial charge in [-0.15, -0.1) is 0 Å². The Hall–Kier alpha value is -2.28. The first-order valence-corrected chi connectivity index (χ1v) is 8.57. The van der Waals surface area contributed by atoms with Crippen LogP contribution in [0.25, 0.3) is 0 Å². The molecule has 2 N–H and O–H groups in total. The summed E-state index contributed by atoms with van der Waals surface area (Å²) in [6.07, 6.45) is 2.92. The lowest BCUT2D eigenvalue weighted by atomic mass is 10.1. The van der Waals surface area contributed by atoms with Crippen LogP contribution in [0.15, 0.2) is 51.6 Å². The van der Waals surface area contributed by atoms with Crippen LogP contribution in [0.4, 0.5) is 10.5 Å². The largest absolute Gasteiger partial charge is 0.459 e. The maximum Gasteiger partial charge on any atom is 0.321 e. The molecule has 1 aromatic carbocycles. The number of anilines is 1. The summed E-state index contributed by atoms with van der Waals surface area (Å²) in [5.74, 6) is 0.100. The average molecular weight is 392 g/mol. The van der Waals surface area contributed by atoms with Gasteiger partial charge in [-0.05, 0) is 49.2 Å². The van der Waals surface area contributed by atoms with E-state index in [1.54, 1.807) is 17.0 Å². The van der Waals surface area contributed by atoms with E-state index in [2.05, 4.69) is 26.6 Å². The number of piperidine rings is 1. The predicted molar refractivity (Wildman–Crippen MR) is 93.9 cm³/mol. The summed E-state index contributed by atoms with van der Waals surface area (Å²) in [5, 5.41) is 5.82. The molecule has 0 radical (unpaired) electrons. The number of hydrogen-bond acceptors (Lipinski definition) is 3. The molecule has 2 heterocycles. The highest BCUT2D eigenvalue weighted by molar-refractivity contribution is 9.10. The van der Waals surface area contributed by atoms with Gasteiger partial charge in [-0.2, -0.15) is 0 Å². The van der Waals surface area contributed by atoms with Crippen molar-refractivity contribution >= 4 is 33.6 Å². The van der Waals surface area contributed by atoms with Crippen LogP contribution in [-0.4, -0.2) is 36.0 Å². The van der Waals surface area contributed by atoms with E-state index in [1.807, 2.05) is 24.3 Å². The number of likely N-dealkylation sites (tertiary alicyclic amines) is 1. The third kappa shape index (κ3) is 4.17. The summed E-state index contributed by atoms with van der Waals surface area (Å²) in [6.45, 7) is 1.21. The Morgan fingerprint density at radius 2 is 1.83 bits per heavy atom. The predicted octanol–water partition coefficient (Wildman–Crippen LogP) is 3.47. The molecule has 0 aliphatic carbocycles. The molecule has 126 valence electrons. The minimum atomic E-state index is -0.210. The van der Waals surface area contributed by atoms with Crippen molar-refractivity contribution in [2.75, 3.05) is 18.4 Å². The number of nitrogens with one attached hydrogen (secondary N) is 2. The number of benzene rings is 1. The highest BCUT2D eigenvalue weighted by Crippen LogP contribution is 2.16. The first-order chi connectivity index (χ1) is 11.6. The molecule has 0 atom stereocenters. The van der Waals surface area contributed by atoms with Crippen molar-refractivity contribution < 1.29 is 14.0 Å². The van der Waals surface area contributed by atoms with E-state index in [1.165, 1.54) is 6.26 Å². The minimum Gasteiger partial charge on any atom is -0.459 e. The zero-order chi connectivity index (χ0) is 16.9. The SMILES string of the molecule is O=C(NC1CCN(C(=O)Nc2ccc(Br)cc2)CC1)c1ccco1. The maximum absolute atomic E-state index is 12.3. The van der Waals surface area contributed by atoms with Gasteiger partial charge in [0.05, 0.1) is 6.26 Å². The van der Waals surface area contributed by atoms with Crippen LogP contribution in [0.2, 0.25) is 0 Å². The van der Waals surface area contributed by atoms with E-state index >= 15 is 0 Å². The second kappa shape index (κ2) is 7.53. The fourth-order valence-corrected chi connectivity index (χ4v) is 2.89. The fourth-order valence-electron chi connectivity index (χ4n) is 2.63. The van der Waals surface area contributed by atoms with E-state index in [0.29, 0.717) is 18.8 Å². The van der Waals surface area contributed by atoms with Crippen molar-refractivity contribution in [3.63, 3.8) is 0 Å². The number of amides is 3. The highest BCUT2D eigenvalue weighted by atomic mass is 79.9. The van der Waals surface area contributed by atoms with Crippen LogP contribution in [-0.2, 0) is 0 Å². The van der Waals surface area contributed by atoms with Gasteiger partial charge in [0.2, 0.25) is 0 Å². The lowest BCUT2D eigenvalue weighted by Gasteiger charge is -2.32. The van der Waals surface area contributed by atoms with Crippen molar-refractivity contribution in [3.8, 4) is 0 Å². The number of urea groups is 1. The van der Waals surface area contributed by atoms with Gasteiger partial charge in [-0.3, -0.25) is 4.79 Å². The molecule has 0 spiro atoms. The number of halogens is 1. The maximum atomic E-state index is 12.3. The number of carbonyl (C=O) groups is 2. The van der Waals surface area contributed by atoms with Crippen LogP contribution in [0.5, 0.6) is 0 Å². The Balaban J connectivity index is 1.47. The van der Waals surface area contributed by atoms with Crippen LogP contribution in [0.3, 0.4) is 0 Å². The van der Waals surface area contributed by atoms with Gasteiger partial charge in [0.15, 0.2) is 5.76 Å². The summed E-state index contributed by atoms with van der Waals surface area (Å²) in [4.78, 5) is 26.0. The molecule has 2 aromatic rings. The number of nitrogens with zero attached hydrogens (tertiary/aromatic N) is 1. The van der Waals surface area contributed by atoms with Crippen molar-refractivity contribution in [1.29, 1.82) is 0 Å². The standard InChI is InChI=1S/C17H18BrN3O3/c18-12-3-5-13(6-4-12)20-17(23)21-9-7-14(8-10-21)19-16(22)15-2-1-11-24-15/h1-6,11,14H,7-10H2,(H,19,22)(H,20,23). The Bertz CT molecular complexity index is 692. The van der Waals surface area contributed by atoms with Crippen molar-refractivity contribution in [3.05, 3.63) is 52.9 Å². The number of carbonyl (C=O) groups excluding carboxylic acids is 2. The zero-order valence-electron chi connectivity index (χ0n) is 13.0. The third-order valence-electron chi connectivity index (χ3n) is 3.96. The molecule has 0 bridgehead atoms. The Morgan fingerprint density at radius 1 is 1.12 bits per heavy atom. The molecule has 0 unspecified atom stereocenters. The molecule has 6 nitrogen and oxygen atoms in total. The lowest BCUT2D eigenvalue weighted by Crippen LogP contribution is -2.47. The molecular formula is C17H18BrN3O3. The van der Waals surface area contributed by atoms with E-state index in [-0.39, 0.29) is 18.0 Å². The van der Waals surface area contributed by atoms with Gasteiger partial charge in [0, 0.05) is 29.3 Å². The van der Waals surface area contributed by atoms with Gasteiger partial charge >= 0.3 is 6.03 Å². The normalized spacial score (nSPS) is 15.1. The zero-order valence-corrected chi connectivity index (χ0v) is 14.6. The van der Waals surface area contributed by atoms with E-state index in [9.17, 15) is 9.59 Å². The van der Waals surface area contributed by atoms with Gasteiger partial charge in [-0.25, -0.2) is 4.79 Å². The number of hydrogen-bond donors (Lipinski definition) is 2. The molecule has 1 aromatic heterocycles. The highest BCUT2D eigenvalue weighted by Gasteiger charge is 2.24. The van der Waals surface area contributed by atoms with E-state index in [4.69, 9.17) is 4.42 Å². The van der Waals surface area contributed by atoms with Gasteiger partial charge in [-0.1, -0.05) is 15.9 Å². The van der Waals surface area contributed by atoms with Gasteiger partial charge in [0.25, 0.3) is 5.91 Å². The summed E-state index contributed by atoms with van der Waals surface area (Å²) in [7, 11) is 0.